The number of anilines is 2. The molecular formula is C22H24N2O4. The van der Waals surface area contributed by atoms with Gasteiger partial charge >= 0.3 is 0 Å². The van der Waals surface area contributed by atoms with Crippen molar-refractivity contribution in [3.8, 4) is 11.5 Å². The first-order valence-electron chi connectivity index (χ1n) is 9.65. The first-order chi connectivity index (χ1) is 13.5. The Hall–Kier alpha value is -3.02. The van der Waals surface area contributed by atoms with Gasteiger partial charge in [0.05, 0.1) is 0 Å². The molecule has 0 bridgehead atoms. The number of aryl methyl sites for hydroxylation is 1. The van der Waals surface area contributed by atoms with Gasteiger partial charge in [0, 0.05) is 29.9 Å². The van der Waals surface area contributed by atoms with E-state index in [1.165, 1.54) is 0 Å². The molecule has 2 amide bonds. The molecule has 0 aromatic heterocycles. The lowest BCUT2D eigenvalue weighted by Gasteiger charge is -2.30. The van der Waals surface area contributed by atoms with E-state index in [9.17, 15) is 9.59 Å². The molecule has 2 heterocycles. The van der Waals surface area contributed by atoms with Gasteiger partial charge in [0.1, 0.15) is 0 Å². The highest BCUT2D eigenvalue weighted by Crippen LogP contribution is 2.33. The predicted molar refractivity (Wildman–Crippen MR) is 107 cm³/mol. The number of nitrogens with zero attached hydrogens (tertiary/aromatic N) is 1. The first-order valence-corrected chi connectivity index (χ1v) is 9.65. The molecule has 0 atom stereocenters. The molecule has 0 spiro atoms. The van der Waals surface area contributed by atoms with Crippen molar-refractivity contribution in [2.45, 2.75) is 33.1 Å². The average molecular weight is 380 g/mol. The Bertz CT molecular complexity index is 923. The highest BCUT2D eigenvalue weighted by Gasteiger charge is 2.24. The summed E-state index contributed by atoms with van der Waals surface area (Å²) >= 11 is 0. The third-order valence-corrected chi connectivity index (χ3v) is 5.10. The van der Waals surface area contributed by atoms with Crippen molar-refractivity contribution in [2.75, 3.05) is 23.6 Å². The van der Waals surface area contributed by atoms with Crippen LogP contribution in [0.4, 0.5) is 11.4 Å². The molecule has 2 aliphatic heterocycles. The normalized spacial score (nSPS) is 15.0. The fourth-order valence-corrected chi connectivity index (χ4v) is 3.51. The summed E-state index contributed by atoms with van der Waals surface area (Å²) in [5.41, 5.74) is 3.28. The highest BCUT2D eigenvalue weighted by molar-refractivity contribution is 6.05. The molecule has 146 valence electrons. The Morgan fingerprint density at radius 2 is 1.93 bits per heavy atom. The molecule has 2 aromatic carbocycles. The minimum absolute atomic E-state index is 0.172. The molecule has 1 N–H and O–H groups in total. The van der Waals surface area contributed by atoms with Crippen molar-refractivity contribution in [3.05, 3.63) is 47.5 Å². The second-order valence-corrected chi connectivity index (χ2v) is 7.59. The number of nitrogens with one attached hydrogen (secondary N) is 1. The number of carbonyl (C=O) groups is 2. The van der Waals surface area contributed by atoms with Crippen LogP contribution < -0.4 is 19.7 Å². The maximum atomic E-state index is 12.6. The van der Waals surface area contributed by atoms with Crippen LogP contribution >= 0.6 is 0 Å². The Morgan fingerprint density at radius 1 is 1.11 bits per heavy atom. The summed E-state index contributed by atoms with van der Waals surface area (Å²) in [5, 5.41) is 2.94. The highest BCUT2D eigenvalue weighted by atomic mass is 16.7. The molecule has 0 aliphatic carbocycles. The largest absolute Gasteiger partial charge is 0.454 e. The van der Waals surface area contributed by atoms with Crippen LogP contribution in [0.2, 0.25) is 0 Å². The van der Waals surface area contributed by atoms with Gasteiger partial charge in [-0.25, -0.2) is 0 Å². The predicted octanol–water partition coefficient (Wildman–Crippen LogP) is 3.99. The lowest BCUT2D eigenvalue weighted by Crippen LogP contribution is -2.36. The van der Waals surface area contributed by atoms with Gasteiger partial charge in [-0.3, -0.25) is 9.59 Å². The Labute approximate surface area is 164 Å². The second-order valence-electron chi connectivity index (χ2n) is 7.59. The zero-order valence-electron chi connectivity index (χ0n) is 16.2. The van der Waals surface area contributed by atoms with E-state index in [-0.39, 0.29) is 18.6 Å². The topological polar surface area (TPSA) is 67.9 Å². The Balaban J connectivity index is 1.51. The molecule has 28 heavy (non-hydrogen) atoms. The monoisotopic (exact) mass is 380 g/mol. The minimum Gasteiger partial charge on any atom is -0.454 e. The number of benzene rings is 2. The fraction of sp³-hybridized carbons (Fsp3) is 0.364. The third kappa shape index (κ3) is 3.67. The number of fused-ring (bicyclic) bond motifs is 2. The molecular weight excluding hydrogens is 356 g/mol. The SMILES string of the molecule is CC(C)CCN1C(=O)CCc2cc(NC(=O)c3ccc4c(c3)OCO4)ccc21. The van der Waals surface area contributed by atoms with Crippen molar-refractivity contribution in [2.24, 2.45) is 5.92 Å². The van der Waals surface area contributed by atoms with Crippen LogP contribution in [0.5, 0.6) is 11.5 Å². The molecule has 4 rings (SSSR count). The maximum Gasteiger partial charge on any atom is 0.255 e. The van der Waals surface area contributed by atoms with Crippen molar-refractivity contribution >= 4 is 23.2 Å². The molecule has 6 heteroatoms. The summed E-state index contributed by atoms with van der Waals surface area (Å²) < 4.78 is 10.6. The molecule has 6 nitrogen and oxygen atoms in total. The second kappa shape index (κ2) is 7.54. The molecule has 2 aliphatic rings. The van der Waals surface area contributed by atoms with Crippen molar-refractivity contribution in [3.63, 3.8) is 0 Å². The molecule has 0 radical (unpaired) electrons. The van der Waals surface area contributed by atoms with Crippen LogP contribution in [0.3, 0.4) is 0 Å². The molecule has 0 unspecified atom stereocenters. The van der Waals surface area contributed by atoms with Crippen LogP contribution in [0.1, 0.15) is 42.6 Å². The molecule has 0 saturated heterocycles. The lowest BCUT2D eigenvalue weighted by molar-refractivity contribution is -0.118. The van der Waals surface area contributed by atoms with Crippen LogP contribution in [-0.4, -0.2) is 25.2 Å². The van der Waals surface area contributed by atoms with Gasteiger partial charge in [-0.1, -0.05) is 13.8 Å². The minimum atomic E-state index is -0.207. The summed E-state index contributed by atoms with van der Waals surface area (Å²) in [7, 11) is 0. The van der Waals surface area contributed by atoms with E-state index in [0.717, 1.165) is 29.9 Å². The quantitative estimate of drug-likeness (QED) is 0.852. The van der Waals surface area contributed by atoms with Crippen molar-refractivity contribution in [1.29, 1.82) is 0 Å². The average Bonchev–Trinajstić information content (AvgIpc) is 3.15. The lowest BCUT2D eigenvalue weighted by atomic mass is 9.99. The Morgan fingerprint density at radius 3 is 2.75 bits per heavy atom. The van der Waals surface area contributed by atoms with Gasteiger partial charge in [0.25, 0.3) is 5.91 Å². The van der Waals surface area contributed by atoms with E-state index in [1.807, 2.05) is 23.1 Å². The van der Waals surface area contributed by atoms with Gasteiger partial charge in [-0.05, 0) is 60.7 Å². The van der Waals surface area contributed by atoms with Gasteiger partial charge in [-0.15, -0.1) is 0 Å². The van der Waals surface area contributed by atoms with Gasteiger partial charge in [0.15, 0.2) is 11.5 Å². The van der Waals surface area contributed by atoms with Crippen LogP contribution in [0, 0.1) is 5.92 Å². The zero-order valence-corrected chi connectivity index (χ0v) is 16.2. The van der Waals surface area contributed by atoms with E-state index < -0.39 is 0 Å². The molecule has 2 aromatic rings. The summed E-state index contributed by atoms with van der Waals surface area (Å²) in [5.74, 6) is 1.74. The van der Waals surface area contributed by atoms with E-state index in [1.54, 1.807) is 18.2 Å². The van der Waals surface area contributed by atoms with E-state index in [0.29, 0.717) is 35.8 Å². The van der Waals surface area contributed by atoms with Gasteiger partial charge in [0.2, 0.25) is 12.7 Å². The van der Waals surface area contributed by atoms with Crippen molar-refractivity contribution in [1.82, 2.24) is 0 Å². The fourth-order valence-electron chi connectivity index (χ4n) is 3.51. The smallest absolute Gasteiger partial charge is 0.255 e. The number of hydrogen-bond donors (Lipinski definition) is 1. The third-order valence-electron chi connectivity index (χ3n) is 5.10. The van der Waals surface area contributed by atoms with Crippen molar-refractivity contribution < 1.29 is 19.1 Å². The standard InChI is InChI=1S/C22H24N2O4/c1-14(2)9-10-24-18-6-5-17(11-15(18)4-8-21(24)25)23-22(26)16-3-7-19-20(12-16)28-13-27-19/h3,5-7,11-12,14H,4,8-10,13H2,1-2H3,(H,23,26). The van der Waals surface area contributed by atoms with Gasteiger partial charge < -0.3 is 19.7 Å². The number of rotatable bonds is 5. The maximum absolute atomic E-state index is 12.6. The summed E-state index contributed by atoms with van der Waals surface area (Å²) in [6.45, 7) is 5.22. The summed E-state index contributed by atoms with van der Waals surface area (Å²) in [4.78, 5) is 26.8. The summed E-state index contributed by atoms with van der Waals surface area (Å²) in [6, 6.07) is 10.9. The van der Waals surface area contributed by atoms with E-state index >= 15 is 0 Å². The first kappa shape index (κ1) is 18.3. The van der Waals surface area contributed by atoms with E-state index in [4.69, 9.17) is 9.47 Å². The van der Waals surface area contributed by atoms with Crippen LogP contribution in [0.25, 0.3) is 0 Å². The van der Waals surface area contributed by atoms with Crippen LogP contribution in [0.15, 0.2) is 36.4 Å². The zero-order chi connectivity index (χ0) is 19.7. The molecule has 0 saturated carbocycles. The van der Waals surface area contributed by atoms with E-state index in [2.05, 4.69) is 19.2 Å². The van der Waals surface area contributed by atoms with Crippen LogP contribution in [-0.2, 0) is 11.2 Å². The number of ether oxygens (including phenoxy) is 2. The van der Waals surface area contributed by atoms with Gasteiger partial charge in [-0.2, -0.15) is 0 Å². The summed E-state index contributed by atoms with van der Waals surface area (Å²) in [6.07, 6.45) is 2.17. The number of carbonyl (C=O) groups excluding carboxylic acids is 2. The Kier molecular flexibility index (Phi) is 4.94. The number of amides is 2. The number of hydrogen-bond acceptors (Lipinski definition) is 4. The molecule has 0 fully saturated rings.